The maximum absolute atomic E-state index is 13.5. The fraction of sp³-hybridized carbons (Fsp3) is 1.00. The van der Waals surface area contributed by atoms with Crippen molar-refractivity contribution in [3.05, 3.63) is 0 Å². The summed E-state index contributed by atoms with van der Waals surface area (Å²) in [4.78, 5) is 0. The molecule has 29 heavy (non-hydrogen) atoms. The molecule has 0 spiro atoms. The topological polar surface area (TPSA) is 34.1 Å². The van der Waals surface area contributed by atoms with Crippen molar-refractivity contribution in [2.24, 2.45) is 0 Å². The molecule has 0 rings (SSSR count). The predicted octanol–water partition coefficient (Wildman–Crippen LogP) is 5.52. The molecule has 0 aliphatic heterocycles. The van der Waals surface area contributed by atoms with Crippen molar-refractivity contribution in [1.29, 1.82) is 0 Å². The normalized spacial score (nSPS) is 18.6. The molecule has 0 aromatic rings. The van der Waals surface area contributed by atoms with Gasteiger partial charge < -0.3 is 0 Å². The first-order valence-corrected chi connectivity index (χ1v) is 7.96. The molecule has 0 radical (unpaired) electrons. The van der Waals surface area contributed by atoms with E-state index in [4.69, 9.17) is 0 Å². The van der Waals surface area contributed by atoms with Gasteiger partial charge in [-0.2, -0.15) is 70.2 Å². The van der Waals surface area contributed by atoms with Crippen LogP contribution in [0, 0.1) is 0 Å². The lowest BCUT2D eigenvalue weighted by molar-refractivity contribution is -0.450. The number of rotatable bonds is 6. The molecule has 0 aliphatic rings. The highest BCUT2D eigenvalue weighted by molar-refractivity contribution is 8.14. The summed E-state index contributed by atoms with van der Waals surface area (Å²) in [6.07, 6.45) is -15.8. The van der Waals surface area contributed by atoms with E-state index < -0.39 is 56.0 Å². The molecule has 0 saturated carbocycles. The third-order valence-corrected chi connectivity index (χ3v) is 4.84. The smallest absolute Gasteiger partial charge is 0.208 e. The highest BCUT2D eigenvalue weighted by Crippen LogP contribution is 2.65. The highest BCUT2D eigenvalue weighted by atomic mass is 35.7. The second-order valence-electron chi connectivity index (χ2n) is 4.90. The van der Waals surface area contributed by atoms with Gasteiger partial charge in [-0.15, -0.1) is 0 Å². The van der Waals surface area contributed by atoms with E-state index in [1.807, 2.05) is 0 Å². The second kappa shape index (κ2) is 6.52. The SMILES string of the molecule is O=S(=O)(Cl)C(F)(C(F)(F)F)C(F)(F)C(F)(F)C(F)(F)C(F)(F)C(F)(F)C(F)(F)F. The Bertz CT molecular complexity index is 734. The van der Waals surface area contributed by atoms with Gasteiger partial charge in [0.15, 0.2) is 0 Å². The number of halogens is 18. The summed E-state index contributed by atoms with van der Waals surface area (Å²) in [5.41, 5.74) is 0. The molecule has 176 valence electrons. The zero-order valence-corrected chi connectivity index (χ0v) is 13.6. The van der Waals surface area contributed by atoms with Crippen LogP contribution >= 0.6 is 10.7 Å². The maximum Gasteiger partial charge on any atom is 0.460 e. The summed E-state index contributed by atoms with van der Waals surface area (Å²) >= 11 is 0. The van der Waals surface area contributed by atoms with E-state index in [9.17, 15) is 83.1 Å². The first kappa shape index (κ1) is 28.1. The van der Waals surface area contributed by atoms with Crippen molar-refractivity contribution in [2.75, 3.05) is 0 Å². The third-order valence-electron chi connectivity index (χ3n) is 3.04. The van der Waals surface area contributed by atoms with Gasteiger partial charge in [0.1, 0.15) is 0 Å². The zero-order valence-electron chi connectivity index (χ0n) is 12.0. The molecule has 0 aromatic heterocycles. The molecule has 2 nitrogen and oxygen atoms in total. The second-order valence-corrected chi connectivity index (χ2v) is 7.56. The average molecular weight is 519 g/mol. The van der Waals surface area contributed by atoms with Crippen LogP contribution in [-0.4, -0.2) is 55.4 Å². The molecule has 0 saturated heterocycles. The Morgan fingerprint density at radius 3 is 0.862 bits per heavy atom. The van der Waals surface area contributed by atoms with Gasteiger partial charge in [-0.25, -0.2) is 12.8 Å². The van der Waals surface area contributed by atoms with E-state index in [2.05, 4.69) is 10.7 Å². The maximum atomic E-state index is 13.5. The quantitative estimate of drug-likeness (QED) is 0.343. The molecule has 0 amide bonds. The Morgan fingerprint density at radius 2 is 0.655 bits per heavy atom. The number of hydrogen-bond donors (Lipinski definition) is 0. The van der Waals surface area contributed by atoms with Crippen LogP contribution < -0.4 is 0 Å². The Labute approximate surface area is 151 Å². The van der Waals surface area contributed by atoms with E-state index in [0.29, 0.717) is 0 Å². The molecule has 1 unspecified atom stereocenters. The summed E-state index contributed by atoms with van der Waals surface area (Å²) in [5.74, 6) is -43.3. The summed E-state index contributed by atoms with van der Waals surface area (Å²) in [6.45, 7) is 0. The van der Waals surface area contributed by atoms with Crippen molar-refractivity contribution in [3.8, 4) is 0 Å². The number of hydrogen-bond acceptors (Lipinski definition) is 2. The average Bonchev–Trinajstić information content (AvgIpc) is 2.41. The lowest BCUT2D eigenvalue weighted by Crippen LogP contribution is -2.75. The first-order chi connectivity index (χ1) is 12.0. The van der Waals surface area contributed by atoms with Crippen LogP contribution in [0.2, 0.25) is 0 Å². The summed E-state index contributed by atoms with van der Waals surface area (Å²) in [6, 6.07) is 0. The van der Waals surface area contributed by atoms with Crippen LogP contribution in [0.25, 0.3) is 0 Å². The molecular weight excluding hydrogens is 519 g/mol. The van der Waals surface area contributed by atoms with E-state index in [1.165, 1.54) is 0 Å². The highest BCUT2D eigenvalue weighted by Gasteiger charge is 2.97. The molecule has 0 aliphatic carbocycles. The first-order valence-electron chi connectivity index (χ1n) is 5.65. The van der Waals surface area contributed by atoms with Crippen molar-refractivity contribution >= 4 is 19.7 Å². The molecule has 0 fully saturated rings. The molecular formula is C8ClF17O2S. The molecule has 0 bridgehead atoms. The van der Waals surface area contributed by atoms with Crippen LogP contribution in [0.4, 0.5) is 74.6 Å². The third kappa shape index (κ3) is 3.36. The fourth-order valence-corrected chi connectivity index (χ4v) is 2.70. The van der Waals surface area contributed by atoms with Gasteiger partial charge in [-0.05, 0) is 0 Å². The van der Waals surface area contributed by atoms with Gasteiger partial charge >= 0.3 is 47.0 Å². The largest absolute Gasteiger partial charge is 0.460 e. The molecule has 0 heterocycles. The van der Waals surface area contributed by atoms with E-state index in [1.54, 1.807) is 0 Å². The lowest BCUT2D eigenvalue weighted by Gasteiger charge is -2.42. The fourth-order valence-electron chi connectivity index (χ4n) is 1.44. The van der Waals surface area contributed by atoms with Crippen LogP contribution in [0.5, 0.6) is 0 Å². The van der Waals surface area contributed by atoms with Gasteiger partial charge in [0, 0.05) is 10.7 Å². The van der Waals surface area contributed by atoms with Crippen molar-refractivity contribution in [3.63, 3.8) is 0 Å². The monoisotopic (exact) mass is 518 g/mol. The minimum Gasteiger partial charge on any atom is -0.208 e. The Hall–Kier alpha value is -0.950. The van der Waals surface area contributed by atoms with E-state index >= 15 is 0 Å². The van der Waals surface area contributed by atoms with Gasteiger partial charge in [0.2, 0.25) is 0 Å². The molecule has 1 atom stereocenters. The van der Waals surface area contributed by atoms with E-state index in [0.717, 1.165) is 0 Å². The minimum absolute atomic E-state index is 3.55. The minimum atomic E-state index is -8.86. The summed E-state index contributed by atoms with van der Waals surface area (Å²) < 4.78 is 237. The lowest BCUT2D eigenvalue weighted by atomic mass is 9.91. The molecule has 0 N–H and O–H groups in total. The van der Waals surface area contributed by atoms with Crippen LogP contribution in [0.15, 0.2) is 0 Å². The Morgan fingerprint density at radius 1 is 0.414 bits per heavy atom. The Balaban J connectivity index is 7.12. The van der Waals surface area contributed by atoms with Gasteiger partial charge in [0.25, 0.3) is 9.05 Å². The van der Waals surface area contributed by atoms with Crippen molar-refractivity contribution < 1.29 is 83.1 Å². The summed E-state index contributed by atoms with van der Waals surface area (Å²) in [7, 11) is -4.32. The Kier molecular flexibility index (Phi) is 6.31. The van der Waals surface area contributed by atoms with Gasteiger partial charge in [-0.1, -0.05) is 0 Å². The standard InChI is InChI=1S/C8ClF17O2S/c9-29(27,28)6(20,8(24,25)26)4(16,17)2(12,13)1(10,11)3(14,15)5(18,19)7(21,22)23. The predicted molar refractivity (Wildman–Crippen MR) is 55.5 cm³/mol. The zero-order chi connectivity index (χ0) is 24.5. The summed E-state index contributed by atoms with van der Waals surface area (Å²) in [5, 5.41) is -8.05. The number of alkyl halides is 17. The van der Waals surface area contributed by atoms with Crippen LogP contribution in [0.3, 0.4) is 0 Å². The molecule has 0 aromatic carbocycles. The van der Waals surface area contributed by atoms with Crippen molar-refractivity contribution in [1.82, 2.24) is 0 Å². The van der Waals surface area contributed by atoms with Gasteiger partial charge in [0.05, 0.1) is 0 Å². The van der Waals surface area contributed by atoms with Crippen molar-refractivity contribution in [2.45, 2.75) is 47.0 Å². The van der Waals surface area contributed by atoms with Crippen LogP contribution in [0.1, 0.15) is 0 Å². The van der Waals surface area contributed by atoms with E-state index in [-0.39, 0.29) is 0 Å². The van der Waals surface area contributed by atoms with Crippen LogP contribution in [-0.2, 0) is 9.05 Å². The van der Waals surface area contributed by atoms with Gasteiger partial charge in [-0.3, -0.25) is 0 Å². The molecule has 21 heteroatoms.